The number of ketones is 1. The summed E-state index contributed by atoms with van der Waals surface area (Å²) in [5, 5.41) is 4.66. The van der Waals surface area contributed by atoms with Crippen LogP contribution in [0.1, 0.15) is 50.5 Å². The average molecular weight is 286 g/mol. The SMILES string of the molecule is CCCn1ncc(Cl)c1C(=O)C(CC)(CC)N(C)C. The maximum atomic E-state index is 13.0. The fourth-order valence-electron chi connectivity index (χ4n) is 2.60. The van der Waals surface area contributed by atoms with E-state index in [-0.39, 0.29) is 5.78 Å². The Bertz CT molecular complexity index is 436. The van der Waals surface area contributed by atoms with Crippen LogP contribution in [-0.4, -0.2) is 40.1 Å². The zero-order valence-electron chi connectivity index (χ0n) is 12.5. The van der Waals surface area contributed by atoms with Crippen molar-refractivity contribution >= 4 is 17.4 Å². The zero-order valence-corrected chi connectivity index (χ0v) is 13.3. The van der Waals surface area contributed by atoms with E-state index in [1.165, 1.54) is 0 Å². The topological polar surface area (TPSA) is 38.1 Å². The van der Waals surface area contributed by atoms with Crippen LogP contribution in [-0.2, 0) is 6.54 Å². The standard InChI is InChI=1S/C14H24ClN3O/c1-6-9-18-12(11(15)10-16-18)13(19)14(7-2,8-3)17(4)5/h10H,6-9H2,1-5H3. The molecule has 0 radical (unpaired) electrons. The average Bonchev–Trinajstić information content (AvgIpc) is 2.72. The van der Waals surface area contributed by atoms with Crippen LogP contribution in [0.4, 0.5) is 0 Å². The van der Waals surface area contributed by atoms with Gasteiger partial charge in [-0.05, 0) is 33.4 Å². The summed E-state index contributed by atoms with van der Waals surface area (Å²) in [5.41, 5.74) is 0.0377. The van der Waals surface area contributed by atoms with Gasteiger partial charge in [-0.15, -0.1) is 0 Å². The number of aromatic nitrogens is 2. The second-order valence-electron chi connectivity index (χ2n) is 5.03. The first kappa shape index (κ1) is 16.2. The number of likely N-dealkylation sites (N-methyl/N-ethyl adjacent to an activating group) is 1. The molecule has 0 aliphatic rings. The molecule has 0 amide bonds. The van der Waals surface area contributed by atoms with Crippen molar-refractivity contribution in [3.8, 4) is 0 Å². The van der Waals surface area contributed by atoms with E-state index in [1.54, 1.807) is 10.9 Å². The minimum absolute atomic E-state index is 0.0680. The van der Waals surface area contributed by atoms with Crippen LogP contribution in [0.5, 0.6) is 0 Å². The minimum Gasteiger partial charge on any atom is -0.297 e. The molecule has 1 heterocycles. The molecule has 0 atom stereocenters. The van der Waals surface area contributed by atoms with Gasteiger partial charge in [0.05, 0.1) is 16.8 Å². The molecule has 1 rings (SSSR count). The predicted octanol–water partition coefficient (Wildman–Crippen LogP) is 3.25. The van der Waals surface area contributed by atoms with Gasteiger partial charge in [-0.2, -0.15) is 5.10 Å². The molecule has 1 aromatic rings. The largest absolute Gasteiger partial charge is 0.297 e. The highest BCUT2D eigenvalue weighted by molar-refractivity contribution is 6.34. The first-order valence-corrected chi connectivity index (χ1v) is 7.25. The molecule has 108 valence electrons. The summed E-state index contributed by atoms with van der Waals surface area (Å²) >= 11 is 6.18. The Balaban J connectivity index is 3.28. The van der Waals surface area contributed by atoms with Gasteiger partial charge < -0.3 is 0 Å². The Hall–Kier alpha value is -0.870. The Kier molecular flexibility index (Phi) is 5.56. The van der Waals surface area contributed by atoms with Crippen molar-refractivity contribution in [3.63, 3.8) is 0 Å². The van der Waals surface area contributed by atoms with E-state index in [2.05, 4.69) is 12.0 Å². The van der Waals surface area contributed by atoms with Crippen molar-refractivity contribution in [3.05, 3.63) is 16.9 Å². The van der Waals surface area contributed by atoms with Gasteiger partial charge in [-0.1, -0.05) is 32.4 Å². The molecule has 0 aliphatic carbocycles. The fraction of sp³-hybridized carbons (Fsp3) is 0.714. The second-order valence-corrected chi connectivity index (χ2v) is 5.43. The first-order valence-electron chi connectivity index (χ1n) is 6.88. The number of aryl methyl sites for hydroxylation is 1. The van der Waals surface area contributed by atoms with E-state index in [0.29, 0.717) is 17.3 Å². The number of hydrogen-bond acceptors (Lipinski definition) is 3. The van der Waals surface area contributed by atoms with Gasteiger partial charge >= 0.3 is 0 Å². The molecular formula is C14H24ClN3O. The number of hydrogen-bond donors (Lipinski definition) is 0. The Morgan fingerprint density at radius 2 is 1.95 bits per heavy atom. The van der Waals surface area contributed by atoms with Crippen molar-refractivity contribution < 1.29 is 4.79 Å². The Morgan fingerprint density at radius 3 is 2.37 bits per heavy atom. The lowest BCUT2D eigenvalue weighted by Gasteiger charge is -2.37. The van der Waals surface area contributed by atoms with E-state index in [9.17, 15) is 4.79 Å². The molecule has 4 nitrogen and oxygen atoms in total. The monoisotopic (exact) mass is 285 g/mol. The lowest BCUT2D eigenvalue weighted by atomic mass is 9.85. The van der Waals surface area contributed by atoms with Crippen LogP contribution in [0.3, 0.4) is 0 Å². The van der Waals surface area contributed by atoms with Gasteiger partial charge in [0.2, 0.25) is 5.78 Å². The predicted molar refractivity (Wildman–Crippen MR) is 78.9 cm³/mol. The number of Topliss-reactive ketones (excluding diaryl/α,β-unsaturated/α-hetero) is 1. The van der Waals surface area contributed by atoms with Crippen LogP contribution in [0.25, 0.3) is 0 Å². The zero-order chi connectivity index (χ0) is 14.6. The van der Waals surface area contributed by atoms with Gasteiger partial charge in [-0.3, -0.25) is 14.4 Å². The smallest absolute Gasteiger partial charge is 0.202 e. The van der Waals surface area contributed by atoms with Crippen LogP contribution < -0.4 is 0 Å². The summed E-state index contributed by atoms with van der Waals surface area (Å²) < 4.78 is 1.73. The maximum absolute atomic E-state index is 13.0. The third kappa shape index (κ3) is 2.84. The van der Waals surface area contributed by atoms with Crippen LogP contribution in [0.2, 0.25) is 5.02 Å². The van der Waals surface area contributed by atoms with Gasteiger partial charge in [-0.25, -0.2) is 0 Å². The fourth-order valence-corrected chi connectivity index (χ4v) is 2.82. The first-order chi connectivity index (χ1) is 8.94. The van der Waals surface area contributed by atoms with Crippen LogP contribution in [0.15, 0.2) is 6.20 Å². The normalized spacial score (nSPS) is 12.2. The van der Waals surface area contributed by atoms with Gasteiger partial charge in [0, 0.05) is 6.54 Å². The van der Waals surface area contributed by atoms with Crippen molar-refractivity contribution in [1.82, 2.24) is 14.7 Å². The lowest BCUT2D eigenvalue weighted by Crippen LogP contribution is -2.51. The number of nitrogens with zero attached hydrogens (tertiary/aromatic N) is 3. The molecule has 0 aromatic carbocycles. The molecular weight excluding hydrogens is 262 g/mol. The number of carbonyl (C=O) groups excluding carboxylic acids is 1. The highest BCUT2D eigenvalue weighted by Crippen LogP contribution is 2.29. The third-order valence-corrected chi connectivity index (χ3v) is 4.17. The van der Waals surface area contributed by atoms with Crippen LogP contribution >= 0.6 is 11.6 Å². The molecule has 0 spiro atoms. The van der Waals surface area contributed by atoms with E-state index in [4.69, 9.17) is 11.6 Å². The van der Waals surface area contributed by atoms with Crippen molar-refractivity contribution in [1.29, 1.82) is 0 Å². The molecule has 0 unspecified atom stereocenters. The lowest BCUT2D eigenvalue weighted by molar-refractivity contribution is 0.0644. The molecule has 1 aromatic heterocycles. The van der Waals surface area contributed by atoms with Crippen molar-refractivity contribution in [2.45, 2.75) is 52.1 Å². The summed E-state index contributed by atoms with van der Waals surface area (Å²) in [5.74, 6) is 0.0680. The molecule has 0 bridgehead atoms. The Morgan fingerprint density at radius 1 is 1.37 bits per heavy atom. The van der Waals surface area contributed by atoms with Crippen molar-refractivity contribution in [2.24, 2.45) is 0 Å². The van der Waals surface area contributed by atoms with Gasteiger partial charge in [0.25, 0.3) is 0 Å². The molecule has 5 heteroatoms. The maximum Gasteiger partial charge on any atom is 0.202 e. The third-order valence-electron chi connectivity index (χ3n) is 3.89. The molecule has 0 saturated heterocycles. The van der Waals surface area contributed by atoms with Gasteiger partial charge in [0.15, 0.2) is 0 Å². The van der Waals surface area contributed by atoms with E-state index in [1.807, 2.05) is 32.8 Å². The summed E-state index contributed by atoms with van der Waals surface area (Å²) in [7, 11) is 3.89. The highest BCUT2D eigenvalue weighted by atomic mass is 35.5. The quantitative estimate of drug-likeness (QED) is 0.722. The van der Waals surface area contributed by atoms with E-state index < -0.39 is 5.54 Å². The molecule has 0 aliphatic heterocycles. The second kappa shape index (κ2) is 6.53. The molecule has 0 saturated carbocycles. The molecule has 0 N–H and O–H groups in total. The Labute approximate surface area is 120 Å². The van der Waals surface area contributed by atoms with E-state index >= 15 is 0 Å². The summed E-state index contributed by atoms with van der Waals surface area (Å²) in [6.45, 7) is 6.85. The number of rotatable bonds is 7. The summed E-state index contributed by atoms with van der Waals surface area (Å²) in [6, 6.07) is 0. The van der Waals surface area contributed by atoms with Crippen LogP contribution in [0, 0.1) is 0 Å². The number of carbonyl (C=O) groups is 1. The number of halogens is 1. The summed E-state index contributed by atoms with van der Waals surface area (Å²) in [4.78, 5) is 15.0. The van der Waals surface area contributed by atoms with E-state index in [0.717, 1.165) is 19.3 Å². The molecule has 0 fully saturated rings. The molecule has 19 heavy (non-hydrogen) atoms. The highest BCUT2D eigenvalue weighted by Gasteiger charge is 2.40. The van der Waals surface area contributed by atoms with Gasteiger partial charge in [0.1, 0.15) is 5.69 Å². The minimum atomic E-state index is -0.505. The summed E-state index contributed by atoms with van der Waals surface area (Å²) in [6.07, 6.45) is 3.99. The van der Waals surface area contributed by atoms with Crippen molar-refractivity contribution in [2.75, 3.05) is 14.1 Å².